The number of ether oxygens (including phenoxy) is 1. The van der Waals surface area contributed by atoms with Gasteiger partial charge >= 0.3 is 0 Å². The van der Waals surface area contributed by atoms with Crippen LogP contribution >= 0.6 is 15.9 Å². The molecule has 0 aliphatic heterocycles. The van der Waals surface area contributed by atoms with E-state index in [1.165, 1.54) is 10.8 Å². The zero-order valence-electron chi connectivity index (χ0n) is 10.7. The molecule has 3 heteroatoms. The summed E-state index contributed by atoms with van der Waals surface area (Å²) < 4.78 is 6.98. The number of halogens is 1. The van der Waals surface area contributed by atoms with Gasteiger partial charge in [-0.05, 0) is 48.5 Å². The molecule has 0 aromatic heterocycles. The highest BCUT2D eigenvalue weighted by atomic mass is 79.9. The molecule has 0 heterocycles. The maximum atomic E-state index is 5.88. The van der Waals surface area contributed by atoms with Crippen LogP contribution in [0.4, 0.5) is 0 Å². The molecule has 0 bridgehead atoms. The normalized spacial score (nSPS) is 12.6. The van der Waals surface area contributed by atoms with Crippen LogP contribution in [0.25, 0.3) is 10.8 Å². The molecule has 2 aromatic rings. The number of fused-ring (bicyclic) bond motifs is 1. The first-order valence-corrected chi connectivity index (χ1v) is 7.05. The topological polar surface area (TPSA) is 21.3 Å². The molecule has 0 fully saturated rings. The lowest BCUT2D eigenvalue weighted by Crippen LogP contribution is -2.28. The Balaban J connectivity index is 2.12. The summed E-state index contributed by atoms with van der Waals surface area (Å²) in [5, 5.41) is 5.70. The maximum absolute atomic E-state index is 5.88. The molecule has 1 N–H and O–H groups in total. The van der Waals surface area contributed by atoms with Gasteiger partial charge in [0.05, 0.1) is 0 Å². The molecule has 0 saturated carbocycles. The van der Waals surface area contributed by atoms with Gasteiger partial charge in [-0.25, -0.2) is 0 Å². The number of likely N-dealkylation sites (N-methyl/N-ethyl adjacent to an activating group) is 1. The highest BCUT2D eigenvalue weighted by Gasteiger charge is 2.04. The third-order valence-corrected chi connectivity index (χ3v) is 3.29. The SMILES string of the molecule is CCNCC(C)Oc1ccc2cc(Br)ccc2c1. The van der Waals surface area contributed by atoms with Crippen molar-refractivity contribution in [2.45, 2.75) is 20.0 Å². The highest BCUT2D eigenvalue weighted by Crippen LogP contribution is 2.24. The number of rotatable bonds is 5. The minimum atomic E-state index is 0.179. The lowest BCUT2D eigenvalue weighted by atomic mass is 10.1. The van der Waals surface area contributed by atoms with Crippen molar-refractivity contribution in [3.63, 3.8) is 0 Å². The molecule has 1 unspecified atom stereocenters. The first kappa shape index (κ1) is 13.4. The van der Waals surface area contributed by atoms with Gasteiger partial charge in [-0.15, -0.1) is 0 Å². The van der Waals surface area contributed by atoms with E-state index in [-0.39, 0.29) is 6.10 Å². The van der Waals surface area contributed by atoms with E-state index in [1.807, 2.05) is 12.1 Å². The van der Waals surface area contributed by atoms with Gasteiger partial charge in [-0.1, -0.05) is 35.0 Å². The average Bonchev–Trinajstić information content (AvgIpc) is 2.36. The molecular weight excluding hydrogens is 290 g/mol. The lowest BCUT2D eigenvalue weighted by Gasteiger charge is -2.15. The molecule has 18 heavy (non-hydrogen) atoms. The molecule has 2 rings (SSSR count). The van der Waals surface area contributed by atoms with Crippen LogP contribution in [-0.2, 0) is 0 Å². The van der Waals surface area contributed by atoms with Crippen molar-refractivity contribution in [1.82, 2.24) is 5.32 Å². The van der Waals surface area contributed by atoms with Gasteiger partial charge < -0.3 is 10.1 Å². The Labute approximate surface area is 116 Å². The summed E-state index contributed by atoms with van der Waals surface area (Å²) in [6.45, 7) is 6.02. The molecule has 96 valence electrons. The molecule has 0 saturated heterocycles. The molecule has 1 atom stereocenters. The van der Waals surface area contributed by atoms with Gasteiger partial charge in [0.25, 0.3) is 0 Å². The first-order chi connectivity index (χ1) is 8.69. The Morgan fingerprint density at radius 2 is 1.89 bits per heavy atom. The number of nitrogens with one attached hydrogen (secondary N) is 1. The van der Waals surface area contributed by atoms with Crippen molar-refractivity contribution in [3.05, 3.63) is 40.9 Å². The summed E-state index contributed by atoms with van der Waals surface area (Å²) in [5.41, 5.74) is 0. The summed E-state index contributed by atoms with van der Waals surface area (Å²) in [4.78, 5) is 0. The third-order valence-electron chi connectivity index (χ3n) is 2.79. The number of benzene rings is 2. The monoisotopic (exact) mass is 307 g/mol. The van der Waals surface area contributed by atoms with Crippen LogP contribution in [0.15, 0.2) is 40.9 Å². The van der Waals surface area contributed by atoms with Crippen molar-refractivity contribution in [2.24, 2.45) is 0 Å². The molecule has 0 radical (unpaired) electrons. The van der Waals surface area contributed by atoms with E-state index in [2.05, 4.69) is 59.4 Å². The lowest BCUT2D eigenvalue weighted by molar-refractivity contribution is 0.218. The van der Waals surface area contributed by atoms with E-state index in [9.17, 15) is 0 Å². The summed E-state index contributed by atoms with van der Waals surface area (Å²) in [6, 6.07) is 12.5. The quantitative estimate of drug-likeness (QED) is 0.902. The van der Waals surface area contributed by atoms with Crippen molar-refractivity contribution < 1.29 is 4.74 Å². The smallest absolute Gasteiger partial charge is 0.120 e. The second kappa shape index (κ2) is 6.21. The fourth-order valence-corrected chi connectivity index (χ4v) is 2.27. The molecule has 0 amide bonds. The summed E-state index contributed by atoms with van der Waals surface area (Å²) in [6.07, 6.45) is 0.179. The van der Waals surface area contributed by atoms with E-state index in [4.69, 9.17) is 4.74 Å². The van der Waals surface area contributed by atoms with Crippen LogP contribution in [0.1, 0.15) is 13.8 Å². The Hall–Kier alpha value is -1.06. The minimum Gasteiger partial charge on any atom is -0.489 e. The molecule has 0 aliphatic rings. The van der Waals surface area contributed by atoms with Gasteiger partial charge in [-0.3, -0.25) is 0 Å². The van der Waals surface area contributed by atoms with Crippen LogP contribution in [0.2, 0.25) is 0 Å². The van der Waals surface area contributed by atoms with Crippen molar-refractivity contribution >= 4 is 26.7 Å². The second-order valence-corrected chi connectivity index (χ2v) is 5.31. The molecule has 0 spiro atoms. The van der Waals surface area contributed by atoms with Gasteiger partial charge in [0.15, 0.2) is 0 Å². The van der Waals surface area contributed by atoms with Gasteiger partial charge in [0, 0.05) is 11.0 Å². The predicted molar refractivity (Wildman–Crippen MR) is 80.3 cm³/mol. The van der Waals surface area contributed by atoms with E-state index >= 15 is 0 Å². The number of hydrogen-bond donors (Lipinski definition) is 1. The van der Waals surface area contributed by atoms with Crippen LogP contribution < -0.4 is 10.1 Å². The van der Waals surface area contributed by atoms with Gasteiger partial charge in [0.2, 0.25) is 0 Å². The predicted octanol–water partition coefficient (Wildman–Crippen LogP) is 3.98. The van der Waals surface area contributed by atoms with Gasteiger partial charge in [-0.2, -0.15) is 0 Å². The minimum absolute atomic E-state index is 0.179. The Bertz CT molecular complexity index is 527. The zero-order valence-corrected chi connectivity index (χ0v) is 12.3. The standard InChI is InChI=1S/C15H18BrNO/c1-3-17-10-11(2)18-15-7-5-12-8-14(16)6-4-13(12)9-15/h4-9,11,17H,3,10H2,1-2H3. The fourth-order valence-electron chi connectivity index (χ4n) is 1.89. The van der Waals surface area contributed by atoms with E-state index in [0.717, 1.165) is 23.3 Å². The Morgan fingerprint density at radius 1 is 1.17 bits per heavy atom. The largest absolute Gasteiger partial charge is 0.489 e. The van der Waals surface area contributed by atoms with Crippen LogP contribution in [-0.4, -0.2) is 19.2 Å². The van der Waals surface area contributed by atoms with Crippen LogP contribution in [0.3, 0.4) is 0 Å². The molecular formula is C15H18BrNO. The van der Waals surface area contributed by atoms with Crippen molar-refractivity contribution in [1.29, 1.82) is 0 Å². The van der Waals surface area contributed by atoms with Crippen LogP contribution in [0, 0.1) is 0 Å². The summed E-state index contributed by atoms with van der Waals surface area (Å²) in [5.74, 6) is 0.926. The fraction of sp³-hybridized carbons (Fsp3) is 0.333. The average molecular weight is 308 g/mol. The number of hydrogen-bond acceptors (Lipinski definition) is 2. The summed E-state index contributed by atoms with van der Waals surface area (Å²) >= 11 is 3.48. The Morgan fingerprint density at radius 3 is 2.67 bits per heavy atom. The maximum Gasteiger partial charge on any atom is 0.120 e. The van der Waals surface area contributed by atoms with E-state index in [0.29, 0.717) is 0 Å². The Kier molecular flexibility index (Phi) is 4.61. The molecule has 0 aliphatic carbocycles. The third kappa shape index (κ3) is 3.47. The first-order valence-electron chi connectivity index (χ1n) is 6.25. The van der Waals surface area contributed by atoms with Crippen molar-refractivity contribution in [2.75, 3.05) is 13.1 Å². The van der Waals surface area contributed by atoms with Gasteiger partial charge in [0.1, 0.15) is 11.9 Å². The van der Waals surface area contributed by atoms with Crippen molar-refractivity contribution in [3.8, 4) is 5.75 Å². The second-order valence-electron chi connectivity index (χ2n) is 4.39. The molecule has 2 nitrogen and oxygen atoms in total. The van der Waals surface area contributed by atoms with E-state index < -0.39 is 0 Å². The molecule has 2 aromatic carbocycles. The van der Waals surface area contributed by atoms with E-state index in [1.54, 1.807) is 0 Å². The zero-order chi connectivity index (χ0) is 13.0. The summed E-state index contributed by atoms with van der Waals surface area (Å²) in [7, 11) is 0. The highest BCUT2D eigenvalue weighted by molar-refractivity contribution is 9.10. The van der Waals surface area contributed by atoms with Crippen LogP contribution in [0.5, 0.6) is 5.75 Å².